The topological polar surface area (TPSA) is 29.5 Å². The summed E-state index contributed by atoms with van der Waals surface area (Å²) in [5.41, 5.74) is 2.65. The van der Waals surface area contributed by atoms with Crippen LogP contribution in [0.15, 0.2) is 42.5 Å². The second-order valence-electron chi connectivity index (χ2n) is 5.73. The van der Waals surface area contributed by atoms with E-state index >= 15 is 0 Å². The predicted octanol–water partition coefficient (Wildman–Crippen LogP) is 3.81. The molecule has 23 heavy (non-hydrogen) atoms. The van der Waals surface area contributed by atoms with Gasteiger partial charge in [-0.2, -0.15) is 0 Å². The minimum absolute atomic E-state index is 0.0116. The highest BCUT2D eigenvalue weighted by molar-refractivity contribution is 5.97. The second-order valence-corrected chi connectivity index (χ2v) is 5.73. The van der Waals surface area contributed by atoms with Crippen molar-refractivity contribution in [1.82, 2.24) is 4.90 Å². The van der Waals surface area contributed by atoms with E-state index in [1.807, 2.05) is 18.2 Å². The fourth-order valence-corrected chi connectivity index (χ4v) is 2.85. The van der Waals surface area contributed by atoms with Crippen LogP contribution in [0.1, 0.15) is 34.8 Å². The van der Waals surface area contributed by atoms with Crippen LogP contribution in [0.5, 0.6) is 5.75 Å². The van der Waals surface area contributed by atoms with Crippen molar-refractivity contribution in [2.45, 2.75) is 26.3 Å². The van der Waals surface area contributed by atoms with E-state index in [0.717, 1.165) is 29.7 Å². The Kier molecular flexibility index (Phi) is 4.60. The zero-order valence-electron chi connectivity index (χ0n) is 13.2. The molecule has 0 aromatic heterocycles. The van der Waals surface area contributed by atoms with Gasteiger partial charge in [-0.3, -0.25) is 4.79 Å². The summed E-state index contributed by atoms with van der Waals surface area (Å²) in [6.45, 7) is 3.86. The summed E-state index contributed by atoms with van der Waals surface area (Å²) in [5, 5.41) is 0. The van der Waals surface area contributed by atoms with Crippen molar-refractivity contribution >= 4 is 5.91 Å². The largest absolute Gasteiger partial charge is 0.493 e. The molecule has 3 nitrogen and oxygen atoms in total. The minimum Gasteiger partial charge on any atom is -0.493 e. The first kappa shape index (κ1) is 15.5. The number of ether oxygens (including phenoxy) is 1. The van der Waals surface area contributed by atoms with Gasteiger partial charge in [0.1, 0.15) is 11.6 Å². The molecular formula is C19H20FNO2. The van der Waals surface area contributed by atoms with Gasteiger partial charge in [0.25, 0.3) is 5.91 Å². The van der Waals surface area contributed by atoms with Crippen molar-refractivity contribution in [1.29, 1.82) is 0 Å². The molecule has 3 rings (SSSR count). The van der Waals surface area contributed by atoms with E-state index in [1.54, 1.807) is 17.0 Å². The van der Waals surface area contributed by atoms with E-state index in [4.69, 9.17) is 4.74 Å². The monoisotopic (exact) mass is 313 g/mol. The fourth-order valence-electron chi connectivity index (χ4n) is 2.85. The summed E-state index contributed by atoms with van der Waals surface area (Å²) < 4.78 is 18.7. The van der Waals surface area contributed by atoms with E-state index in [2.05, 4.69) is 6.92 Å². The highest BCUT2D eigenvalue weighted by Gasteiger charge is 2.26. The van der Waals surface area contributed by atoms with Gasteiger partial charge in [-0.1, -0.05) is 25.1 Å². The SMILES string of the molecule is CCCOc1cccc2c1CCN(Cc1ccc(F)cc1)C2=O. The third-order valence-corrected chi connectivity index (χ3v) is 4.03. The number of fused-ring (bicyclic) bond motifs is 1. The zero-order chi connectivity index (χ0) is 16.2. The van der Waals surface area contributed by atoms with E-state index < -0.39 is 0 Å². The molecule has 1 aliphatic rings. The average molecular weight is 313 g/mol. The first-order valence-electron chi connectivity index (χ1n) is 7.97. The van der Waals surface area contributed by atoms with E-state index in [0.29, 0.717) is 25.3 Å². The lowest BCUT2D eigenvalue weighted by Crippen LogP contribution is -2.37. The molecule has 2 aromatic carbocycles. The number of carbonyl (C=O) groups excluding carboxylic acids is 1. The average Bonchev–Trinajstić information content (AvgIpc) is 2.57. The Morgan fingerprint density at radius 1 is 1.17 bits per heavy atom. The highest BCUT2D eigenvalue weighted by atomic mass is 19.1. The van der Waals surface area contributed by atoms with Crippen LogP contribution < -0.4 is 4.74 Å². The van der Waals surface area contributed by atoms with Crippen LogP contribution in [-0.2, 0) is 13.0 Å². The number of hydrogen-bond donors (Lipinski definition) is 0. The van der Waals surface area contributed by atoms with Gasteiger partial charge in [0, 0.05) is 24.2 Å². The van der Waals surface area contributed by atoms with Crippen LogP contribution in [0, 0.1) is 5.82 Å². The Balaban J connectivity index is 1.79. The van der Waals surface area contributed by atoms with Crippen molar-refractivity contribution in [3.63, 3.8) is 0 Å². The molecule has 0 atom stereocenters. The number of halogens is 1. The number of amides is 1. The second kappa shape index (κ2) is 6.82. The van der Waals surface area contributed by atoms with Crippen molar-refractivity contribution in [3.8, 4) is 5.75 Å². The van der Waals surface area contributed by atoms with E-state index in [1.165, 1.54) is 12.1 Å². The lowest BCUT2D eigenvalue weighted by atomic mass is 9.97. The standard InChI is InChI=1S/C19H20FNO2/c1-2-12-23-18-5-3-4-17-16(18)10-11-21(19(17)22)13-14-6-8-15(20)9-7-14/h3-9H,2,10-13H2,1H3. The first-order valence-corrected chi connectivity index (χ1v) is 7.97. The third-order valence-electron chi connectivity index (χ3n) is 4.03. The Hall–Kier alpha value is -2.36. The van der Waals surface area contributed by atoms with Gasteiger partial charge >= 0.3 is 0 Å². The van der Waals surface area contributed by atoms with Gasteiger partial charge in [-0.25, -0.2) is 4.39 Å². The number of benzene rings is 2. The molecule has 120 valence electrons. The summed E-state index contributed by atoms with van der Waals surface area (Å²) in [6.07, 6.45) is 1.72. The van der Waals surface area contributed by atoms with Crippen molar-refractivity contribution in [3.05, 3.63) is 65.0 Å². The van der Waals surface area contributed by atoms with Crippen molar-refractivity contribution in [2.75, 3.05) is 13.2 Å². The van der Waals surface area contributed by atoms with Crippen molar-refractivity contribution < 1.29 is 13.9 Å². The molecule has 0 unspecified atom stereocenters. The Bertz CT molecular complexity index is 697. The highest BCUT2D eigenvalue weighted by Crippen LogP contribution is 2.28. The maximum atomic E-state index is 13.0. The molecule has 0 aliphatic carbocycles. The van der Waals surface area contributed by atoms with E-state index in [9.17, 15) is 9.18 Å². The normalized spacial score (nSPS) is 13.8. The molecule has 0 fully saturated rings. The third kappa shape index (κ3) is 3.36. The molecule has 1 amide bonds. The predicted molar refractivity (Wildman–Crippen MR) is 87.1 cm³/mol. The summed E-state index contributed by atoms with van der Waals surface area (Å²) >= 11 is 0. The van der Waals surface area contributed by atoms with Gasteiger partial charge < -0.3 is 9.64 Å². The van der Waals surface area contributed by atoms with Crippen LogP contribution in [0.2, 0.25) is 0 Å². The molecule has 0 saturated carbocycles. The molecular weight excluding hydrogens is 293 g/mol. The lowest BCUT2D eigenvalue weighted by Gasteiger charge is -2.29. The summed E-state index contributed by atoms with van der Waals surface area (Å²) in [4.78, 5) is 14.5. The first-order chi connectivity index (χ1) is 11.2. The van der Waals surface area contributed by atoms with Crippen LogP contribution >= 0.6 is 0 Å². The molecule has 2 aromatic rings. The van der Waals surface area contributed by atoms with Crippen molar-refractivity contribution in [2.24, 2.45) is 0 Å². The molecule has 1 heterocycles. The molecule has 0 N–H and O–H groups in total. The Labute approximate surface area is 135 Å². The van der Waals surface area contributed by atoms with Crippen LogP contribution in [0.3, 0.4) is 0 Å². The number of hydrogen-bond acceptors (Lipinski definition) is 2. The quantitative estimate of drug-likeness (QED) is 0.840. The van der Waals surface area contributed by atoms with Gasteiger partial charge in [0.2, 0.25) is 0 Å². The minimum atomic E-state index is -0.262. The van der Waals surface area contributed by atoms with Crippen LogP contribution in [0.4, 0.5) is 4.39 Å². The zero-order valence-corrected chi connectivity index (χ0v) is 13.2. The number of nitrogens with zero attached hydrogens (tertiary/aromatic N) is 1. The molecule has 0 spiro atoms. The number of rotatable bonds is 5. The van der Waals surface area contributed by atoms with Gasteiger partial charge in [-0.05, 0) is 42.7 Å². The molecule has 0 bridgehead atoms. The van der Waals surface area contributed by atoms with Gasteiger partial charge in [0.05, 0.1) is 6.61 Å². The number of carbonyl (C=O) groups is 1. The maximum absolute atomic E-state index is 13.0. The van der Waals surface area contributed by atoms with Crippen LogP contribution in [-0.4, -0.2) is 24.0 Å². The summed E-state index contributed by atoms with van der Waals surface area (Å²) in [5.74, 6) is 0.568. The smallest absolute Gasteiger partial charge is 0.254 e. The Morgan fingerprint density at radius 2 is 1.96 bits per heavy atom. The van der Waals surface area contributed by atoms with Gasteiger partial charge in [-0.15, -0.1) is 0 Å². The molecule has 4 heteroatoms. The molecule has 1 aliphatic heterocycles. The summed E-state index contributed by atoms with van der Waals surface area (Å²) in [7, 11) is 0. The fraction of sp³-hybridized carbons (Fsp3) is 0.316. The maximum Gasteiger partial charge on any atom is 0.254 e. The summed E-state index contributed by atoms with van der Waals surface area (Å²) in [6, 6.07) is 11.9. The molecule has 0 saturated heterocycles. The Morgan fingerprint density at radius 3 is 2.70 bits per heavy atom. The molecule has 0 radical (unpaired) electrons. The van der Waals surface area contributed by atoms with Crippen LogP contribution in [0.25, 0.3) is 0 Å². The van der Waals surface area contributed by atoms with Gasteiger partial charge in [0.15, 0.2) is 0 Å². The lowest BCUT2D eigenvalue weighted by molar-refractivity contribution is 0.0725. The van der Waals surface area contributed by atoms with E-state index in [-0.39, 0.29) is 11.7 Å².